The summed E-state index contributed by atoms with van der Waals surface area (Å²) in [6, 6.07) is 0. The first kappa shape index (κ1) is 11.9. The molecule has 0 aliphatic carbocycles. The van der Waals surface area contributed by atoms with E-state index in [2.05, 4.69) is 4.74 Å². The average Bonchev–Trinajstić information content (AvgIpc) is 1.82. The number of hydrogen-bond donors (Lipinski definition) is 0. The largest absolute Gasteiger partial charge is 0.453 e. The Balaban J connectivity index is 4.00. The van der Waals surface area contributed by atoms with Gasteiger partial charge in [-0.1, -0.05) is 0 Å². The molecule has 0 saturated heterocycles. The van der Waals surface area contributed by atoms with Crippen LogP contribution < -0.4 is 0 Å². The maximum absolute atomic E-state index is 11.8. The highest BCUT2D eigenvalue weighted by Crippen LogP contribution is 2.22. The Morgan fingerprint density at radius 3 is 2.15 bits per heavy atom. The fourth-order valence-corrected chi connectivity index (χ4v) is 0.509. The summed E-state index contributed by atoms with van der Waals surface area (Å²) in [5.41, 5.74) is 0. The minimum absolute atomic E-state index is 0.528. The normalized spacial score (nSPS) is 13.6. The zero-order valence-corrected chi connectivity index (χ0v) is 7.14. The second-order valence-corrected chi connectivity index (χ2v) is 2.55. The van der Waals surface area contributed by atoms with Gasteiger partial charge >= 0.3 is 12.1 Å². The molecular formula is C7H9F3O3. The zero-order valence-electron chi connectivity index (χ0n) is 7.14. The average molecular weight is 198 g/mol. The highest BCUT2D eigenvalue weighted by molar-refractivity contribution is 5.94. The Hall–Kier alpha value is -1.07. The molecular weight excluding hydrogens is 189 g/mol. The lowest BCUT2D eigenvalue weighted by Crippen LogP contribution is -2.31. The van der Waals surface area contributed by atoms with Crippen LogP contribution in [-0.2, 0) is 14.3 Å². The van der Waals surface area contributed by atoms with Crippen LogP contribution in [0.25, 0.3) is 0 Å². The molecule has 13 heavy (non-hydrogen) atoms. The third-order valence-corrected chi connectivity index (χ3v) is 1.16. The quantitative estimate of drug-likeness (QED) is 0.509. The second kappa shape index (κ2) is 4.25. The zero-order chi connectivity index (χ0) is 10.6. The number of alkyl halides is 3. The summed E-state index contributed by atoms with van der Waals surface area (Å²) in [7, 11) is 0. The van der Waals surface area contributed by atoms with Crippen molar-refractivity contribution in [3.8, 4) is 0 Å². The van der Waals surface area contributed by atoms with Crippen molar-refractivity contribution >= 4 is 11.8 Å². The summed E-state index contributed by atoms with van der Waals surface area (Å²) >= 11 is 0. The van der Waals surface area contributed by atoms with Gasteiger partial charge in [-0.2, -0.15) is 13.2 Å². The molecule has 0 aliphatic heterocycles. The van der Waals surface area contributed by atoms with Crippen molar-refractivity contribution in [2.24, 2.45) is 0 Å². The number of rotatable bonds is 3. The fraction of sp³-hybridized carbons (Fsp3) is 0.714. The Morgan fingerprint density at radius 2 is 1.85 bits per heavy atom. The van der Waals surface area contributed by atoms with Gasteiger partial charge in [-0.25, -0.2) is 0 Å². The molecule has 3 nitrogen and oxygen atoms in total. The van der Waals surface area contributed by atoms with E-state index in [4.69, 9.17) is 0 Å². The Kier molecular flexibility index (Phi) is 3.90. The summed E-state index contributed by atoms with van der Waals surface area (Å²) < 4.78 is 39.3. The first-order chi connectivity index (χ1) is 5.73. The topological polar surface area (TPSA) is 43.4 Å². The predicted molar refractivity (Wildman–Crippen MR) is 36.9 cm³/mol. The van der Waals surface area contributed by atoms with Gasteiger partial charge < -0.3 is 4.74 Å². The first-order valence-corrected chi connectivity index (χ1v) is 3.49. The van der Waals surface area contributed by atoms with Gasteiger partial charge in [-0.05, 0) is 13.8 Å². The number of ketones is 1. The van der Waals surface area contributed by atoms with Crippen LogP contribution in [0.3, 0.4) is 0 Å². The van der Waals surface area contributed by atoms with Gasteiger partial charge in [-0.15, -0.1) is 0 Å². The number of carbonyl (C=O) groups excluding carboxylic acids is 2. The van der Waals surface area contributed by atoms with E-state index >= 15 is 0 Å². The molecule has 6 heteroatoms. The van der Waals surface area contributed by atoms with E-state index < -0.39 is 30.5 Å². The standard InChI is InChI=1S/C7H9F3O3/c1-4(11)3-6(12)13-5(2)7(8,9)10/h5H,3H2,1-2H3. The summed E-state index contributed by atoms with van der Waals surface area (Å²) in [6.45, 7) is 1.80. The van der Waals surface area contributed by atoms with Crippen LogP contribution in [0, 0.1) is 0 Å². The van der Waals surface area contributed by atoms with Crippen molar-refractivity contribution in [2.75, 3.05) is 0 Å². The van der Waals surface area contributed by atoms with E-state index in [0.717, 1.165) is 6.92 Å². The Morgan fingerprint density at radius 1 is 1.38 bits per heavy atom. The summed E-state index contributed by atoms with van der Waals surface area (Å²) in [5.74, 6) is -1.68. The third kappa shape index (κ3) is 5.21. The maximum Gasteiger partial charge on any atom is 0.425 e. The molecule has 0 rings (SSSR count). The lowest BCUT2D eigenvalue weighted by atomic mass is 10.3. The summed E-state index contributed by atoms with van der Waals surface area (Å²) in [5, 5.41) is 0. The first-order valence-electron chi connectivity index (χ1n) is 3.49. The molecule has 0 heterocycles. The van der Waals surface area contributed by atoms with Gasteiger partial charge in [0.1, 0.15) is 12.2 Å². The second-order valence-electron chi connectivity index (χ2n) is 2.55. The molecule has 1 unspecified atom stereocenters. The van der Waals surface area contributed by atoms with Crippen molar-refractivity contribution in [2.45, 2.75) is 32.5 Å². The number of carbonyl (C=O) groups is 2. The van der Waals surface area contributed by atoms with Crippen LogP contribution in [0.5, 0.6) is 0 Å². The molecule has 0 N–H and O–H groups in total. The van der Waals surface area contributed by atoms with Crippen LogP contribution in [0.4, 0.5) is 13.2 Å². The molecule has 0 saturated carbocycles. The summed E-state index contributed by atoms with van der Waals surface area (Å²) in [6.07, 6.45) is -7.37. The van der Waals surface area contributed by atoms with Gasteiger partial charge in [0, 0.05) is 0 Å². The molecule has 1 atom stereocenters. The highest BCUT2D eigenvalue weighted by atomic mass is 19.4. The number of esters is 1. The lowest BCUT2D eigenvalue weighted by molar-refractivity contribution is -0.216. The van der Waals surface area contributed by atoms with E-state index in [0.29, 0.717) is 6.92 Å². The van der Waals surface area contributed by atoms with Crippen LogP contribution >= 0.6 is 0 Å². The van der Waals surface area contributed by atoms with Gasteiger partial charge in [0.15, 0.2) is 6.10 Å². The molecule has 0 spiro atoms. The van der Waals surface area contributed by atoms with Gasteiger partial charge in [0.05, 0.1) is 0 Å². The smallest absolute Gasteiger partial charge is 0.425 e. The van der Waals surface area contributed by atoms with Crippen LogP contribution in [0.2, 0.25) is 0 Å². The molecule has 0 aromatic heterocycles. The molecule has 0 bridgehead atoms. The summed E-state index contributed by atoms with van der Waals surface area (Å²) in [4.78, 5) is 20.9. The Bertz CT molecular complexity index is 210. The van der Waals surface area contributed by atoms with Crippen LogP contribution in [0.1, 0.15) is 20.3 Å². The van der Waals surface area contributed by atoms with Gasteiger partial charge in [0.2, 0.25) is 0 Å². The SMILES string of the molecule is CC(=O)CC(=O)OC(C)C(F)(F)F. The number of Topliss-reactive ketones (excluding diaryl/α,β-unsaturated/α-hetero) is 1. The van der Waals surface area contributed by atoms with Crippen molar-refractivity contribution < 1.29 is 27.5 Å². The Labute approximate surface area is 72.9 Å². The van der Waals surface area contributed by atoms with E-state index in [-0.39, 0.29) is 0 Å². The van der Waals surface area contributed by atoms with Crippen molar-refractivity contribution in [1.29, 1.82) is 0 Å². The van der Waals surface area contributed by atoms with Crippen molar-refractivity contribution in [3.63, 3.8) is 0 Å². The minimum atomic E-state index is -4.58. The van der Waals surface area contributed by atoms with Crippen LogP contribution in [-0.4, -0.2) is 24.0 Å². The molecule has 0 aromatic carbocycles. The predicted octanol–water partition coefficient (Wildman–Crippen LogP) is 1.46. The molecule has 0 amide bonds. The maximum atomic E-state index is 11.8. The molecule has 0 fully saturated rings. The van der Waals surface area contributed by atoms with Gasteiger partial charge in [0.25, 0.3) is 0 Å². The number of ether oxygens (including phenoxy) is 1. The molecule has 0 aliphatic rings. The monoisotopic (exact) mass is 198 g/mol. The van der Waals surface area contributed by atoms with E-state index in [1.807, 2.05) is 0 Å². The molecule has 0 radical (unpaired) electrons. The van der Waals surface area contributed by atoms with Gasteiger partial charge in [-0.3, -0.25) is 9.59 Å². The molecule has 76 valence electrons. The van der Waals surface area contributed by atoms with E-state index in [1.54, 1.807) is 0 Å². The molecule has 0 aromatic rings. The highest BCUT2D eigenvalue weighted by Gasteiger charge is 2.39. The third-order valence-electron chi connectivity index (χ3n) is 1.16. The number of halogens is 3. The minimum Gasteiger partial charge on any atom is -0.453 e. The van der Waals surface area contributed by atoms with E-state index in [9.17, 15) is 22.8 Å². The lowest BCUT2D eigenvalue weighted by Gasteiger charge is -2.15. The number of hydrogen-bond acceptors (Lipinski definition) is 3. The van der Waals surface area contributed by atoms with Crippen LogP contribution in [0.15, 0.2) is 0 Å². The van der Waals surface area contributed by atoms with E-state index in [1.165, 1.54) is 0 Å². The fourth-order valence-electron chi connectivity index (χ4n) is 0.509. The van der Waals surface area contributed by atoms with Crippen molar-refractivity contribution in [1.82, 2.24) is 0 Å². The van der Waals surface area contributed by atoms with Crippen molar-refractivity contribution in [3.05, 3.63) is 0 Å².